The van der Waals surface area contributed by atoms with E-state index in [1.54, 1.807) is 0 Å². The molecule has 8 nitrogen and oxygen atoms in total. The number of aromatic nitrogens is 4. The van der Waals surface area contributed by atoms with Crippen LogP contribution in [-0.4, -0.2) is 19.1 Å². The minimum atomic E-state index is 0.639. The molecule has 13 aromatic rings. The summed E-state index contributed by atoms with van der Waals surface area (Å²) in [7, 11) is 0. The van der Waals surface area contributed by atoms with Crippen molar-refractivity contribution in [2.24, 2.45) is 0 Å². The molecule has 0 spiro atoms. The predicted octanol–water partition coefficient (Wildman–Crippen LogP) is 16.4. The molecule has 0 saturated carbocycles. The lowest BCUT2D eigenvalue weighted by molar-refractivity contribution is 0.766. The number of nitrogens with one attached hydrogen (secondary N) is 1. The Kier molecular flexibility index (Phi) is 9.23. The highest BCUT2D eigenvalue weighted by molar-refractivity contribution is 6.23. The number of nitrogens with zero attached hydrogens (tertiary/aromatic N) is 7. The first-order chi connectivity index (χ1) is 36.2. The lowest BCUT2D eigenvalue weighted by Crippen LogP contribution is -2.26. The summed E-state index contributed by atoms with van der Waals surface area (Å²) in [6, 6.07) is 86.8. The fourth-order valence-electron chi connectivity index (χ4n) is 11.6. The van der Waals surface area contributed by atoms with Gasteiger partial charge in [-0.25, -0.2) is 15.4 Å². The topological polar surface area (TPSA) is 57.4 Å². The van der Waals surface area contributed by atoms with Gasteiger partial charge in [-0.1, -0.05) is 140 Å². The molecule has 0 bridgehead atoms. The van der Waals surface area contributed by atoms with Crippen molar-refractivity contribution in [1.29, 1.82) is 0 Å². The van der Waals surface area contributed by atoms with Crippen LogP contribution in [0.5, 0.6) is 0 Å². The van der Waals surface area contributed by atoms with E-state index in [2.05, 4.69) is 266 Å². The number of rotatable bonds is 7. The molecule has 1 N–H and O–H groups in total. The van der Waals surface area contributed by atoms with Gasteiger partial charge >= 0.3 is 0 Å². The third kappa shape index (κ3) is 6.37. The van der Waals surface area contributed by atoms with Crippen LogP contribution in [0, 0.1) is 0 Å². The maximum Gasteiger partial charge on any atom is 0.161 e. The summed E-state index contributed by atoms with van der Waals surface area (Å²) in [6.07, 6.45) is 1.91. The second kappa shape index (κ2) is 16.4. The second-order valence-electron chi connectivity index (χ2n) is 18.7. The number of hydrazine groups is 1. The molecule has 0 fully saturated rings. The highest BCUT2D eigenvalue weighted by Crippen LogP contribution is 2.55. The monoisotopic (exact) mass is 936 g/mol. The van der Waals surface area contributed by atoms with Gasteiger partial charge in [-0.3, -0.25) is 9.58 Å². The number of hydrogen-bond acceptors (Lipinski definition) is 6. The van der Waals surface area contributed by atoms with Crippen LogP contribution in [0.1, 0.15) is 5.56 Å². The van der Waals surface area contributed by atoms with E-state index in [0.717, 1.165) is 102 Å². The molecule has 8 heteroatoms. The summed E-state index contributed by atoms with van der Waals surface area (Å²) in [5.41, 5.74) is 22.5. The van der Waals surface area contributed by atoms with Gasteiger partial charge in [0.2, 0.25) is 0 Å². The Labute approximate surface area is 421 Å². The van der Waals surface area contributed by atoms with Crippen molar-refractivity contribution in [3.63, 3.8) is 0 Å². The molecule has 2 aliphatic rings. The van der Waals surface area contributed by atoms with Gasteiger partial charge in [0, 0.05) is 62.5 Å². The Morgan fingerprint density at radius 3 is 1.62 bits per heavy atom. The van der Waals surface area contributed by atoms with Crippen molar-refractivity contribution in [3.8, 4) is 34.0 Å². The van der Waals surface area contributed by atoms with E-state index in [1.165, 1.54) is 27.6 Å². The highest BCUT2D eigenvalue weighted by Gasteiger charge is 2.31. The van der Waals surface area contributed by atoms with E-state index in [0.29, 0.717) is 5.82 Å². The molecule has 10 aromatic carbocycles. The van der Waals surface area contributed by atoms with Crippen LogP contribution in [0.15, 0.2) is 249 Å². The average molecular weight is 937 g/mol. The second-order valence-corrected chi connectivity index (χ2v) is 18.7. The zero-order valence-corrected chi connectivity index (χ0v) is 39.5. The van der Waals surface area contributed by atoms with Crippen LogP contribution in [0.4, 0.5) is 45.5 Å². The number of para-hydroxylation sites is 7. The van der Waals surface area contributed by atoms with Gasteiger partial charge < -0.3 is 14.4 Å². The Bertz CT molecular complexity index is 4300. The highest BCUT2D eigenvalue weighted by atomic mass is 15.5. The maximum absolute atomic E-state index is 5.53. The van der Waals surface area contributed by atoms with Crippen LogP contribution >= 0.6 is 0 Å². The smallest absolute Gasteiger partial charge is 0.161 e. The molecule has 0 atom stereocenters. The average Bonchev–Trinajstić information content (AvgIpc) is 4.16. The molecule has 344 valence electrons. The van der Waals surface area contributed by atoms with Crippen molar-refractivity contribution in [3.05, 3.63) is 254 Å². The number of fused-ring (bicyclic) bond motifs is 10. The number of anilines is 8. The molecule has 3 aromatic heterocycles. The summed E-state index contributed by atoms with van der Waals surface area (Å²) < 4.78 is 4.82. The Hall–Kier alpha value is -9.76. The van der Waals surface area contributed by atoms with Crippen molar-refractivity contribution in [2.45, 2.75) is 6.54 Å². The quantitative estimate of drug-likeness (QED) is 0.172. The van der Waals surface area contributed by atoms with Crippen LogP contribution < -0.4 is 20.2 Å². The van der Waals surface area contributed by atoms with Gasteiger partial charge in [0.25, 0.3) is 0 Å². The normalized spacial score (nSPS) is 13.0. The first kappa shape index (κ1) is 41.1. The molecule has 5 heterocycles. The van der Waals surface area contributed by atoms with Crippen molar-refractivity contribution in [2.75, 3.05) is 14.8 Å². The van der Waals surface area contributed by atoms with Crippen LogP contribution in [0.25, 0.3) is 77.6 Å². The largest absolute Gasteiger partial charge is 0.307 e. The maximum atomic E-state index is 5.53. The van der Waals surface area contributed by atoms with E-state index in [1.807, 2.05) is 12.3 Å². The Morgan fingerprint density at radius 1 is 0.370 bits per heavy atom. The molecule has 0 saturated heterocycles. The fourth-order valence-corrected chi connectivity index (χ4v) is 11.6. The minimum Gasteiger partial charge on any atom is -0.307 e. The van der Waals surface area contributed by atoms with Crippen LogP contribution in [-0.2, 0) is 6.54 Å². The summed E-state index contributed by atoms with van der Waals surface area (Å²) in [6.45, 7) is 0.735. The predicted molar refractivity (Wildman–Crippen MR) is 300 cm³/mol. The Balaban J connectivity index is 0.921. The molecule has 73 heavy (non-hydrogen) atoms. The van der Waals surface area contributed by atoms with Gasteiger partial charge in [0.05, 0.1) is 56.2 Å². The third-order valence-corrected chi connectivity index (χ3v) is 14.7. The van der Waals surface area contributed by atoms with E-state index < -0.39 is 0 Å². The lowest BCUT2D eigenvalue weighted by Gasteiger charge is -2.40. The van der Waals surface area contributed by atoms with Crippen molar-refractivity contribution >= 4 is 89.1 Å². The summed E-state index contributed by atoms with van der Waals surface area (Å²) in [5.74, 6) is 1.43. The van der Waals surface area contributed by atoms with E-state index >= 15 is 0 Å². The van der Waals surface area contributed by atoms with Gasteiger partial charge in [-0.2, -0.15) is 0 Å². The SMILES string of the molecule is c1ccc(N2NCc3c(-c4cccc(-n5c6ccccc6c6ccc7c8ccccc8n(-c8ccnc(-c9ccc%10c(c9)N(c9ccccc9)c9ccccc9N%10c9ccccc9)n8)c7c65)c4)cccc32)cc1. The first-order valence-corrected chi connectivity index (χ1v) is 24.8. The summed E-state index contributed by atoms with van der Waals surface area (Å²) in [4.78, 5) is 15.3. The van der Waals surface area contributed by atoms with Crippen LogP contribution in [0.2, 0.25) is 0 Å². The molecular formula is C65H44N8. The lowest BCUT2D eigenvalue weighted by atomic mass is 9.98. The van der Waals surface area contributed by atoms with Gasteiger partial charge in [0.15, 0.2) is 5.82 Å². The van der Waals surface area contributed by atoms with E-state index in [-0.39, 0.29) is 0 Å². The molecule has 0 radical (unpaired) electrons. The summed E-state index contributed by atoms with van der Waals surface area (Å²) in [5, 5.41) is 6.88. The Morgan fingerprint density at radius 2 is 0.918 bits per heavy atom. The van der Waals surface area contributed by atoms with E-state index in [9.17, 15) is 0 Å². The zero-order valence-electron chi connectivity index (χ0n) is 39.5. The molecule has 15 rings (SSSR count). The fraction of sp³-hybridized carbons (Fsp3) is 0.0154. The number of hydrogen-bond donors (Lipinski definition) is 1. The minimum absolute atomic E-state index is 0.639. The van der Waals surface area contributed by atoms with Crippen molar-refractivity contribution < 1.29 is 0 Å². The molecule has 0 amide bonds. The van der Waals surface area contributed by atoms with Crippen molar-refractivity contribution in [1.82, 2.24) is 24.5 Å². The van der Waals surface area contributed by atoms with Gasteiger partial charge in [-0.15, -0.1) is 0 Å². The van der Waals surface area contributed by atoms with Gasteiger partial charge in [0.1, 0.15) is 5.82 Å². The first-order valence-electron chi connectivity index (χ1n) is 24.8. The standard InChI is InChI=1S/C65H44N8/c1-4-19-45(20-5-1)69-58-31-14-15-32-59(58)70(46-21-6-2-7-22-46)61-41-44(34-37-60(61)69)65-66-39-38-62(68-65)72-56-30-13-11-27-51(56)53-36-35-52-50-26-10-12-29-55(50)71(63(52)64(53)72)48-25-16-18-43(40-48)49-28-17-33-57-54(49)42-67-73(57)47-23-8-3-9-24-47/h1-41,67H,42H2. The zero-order chi connectivity index (χ0) is 48.0. The molecule has 0 unspecified atom stereocenters. The molecule has 2 aliphatic heterocycles. The number of benzene rings is 10. The van der Waals surface area contributed by atoms with E-state index in [4.69, 9.17) is 9.97 Å². The molecular weight excluding hydrogens is 893 g/mol. The third-order valence-electron chi connectivity index (χ3n) is 14.7. The van der Waals surface area contributed by atoms with Crippen LogP contribution in [0.3, 0.4) is 0 Å². The summed E-state index contributed by atoms with van der Waals surface area (Å²) >= 11 is 0. The molecule has 0 aliphatic carbocycles. The van der Waals surface area contributed by atoms with Gasteiger partial charge in [-0.05, 0) is 114 Å².